The summed E-state index contributed by atoms with van der Waals surface area (Å²) >= 11 is 0. The third kappa shape index (κ3) is 3.75. The van der Waals surface area contributed by atoms with E-state index in [1.807, 2.05) is 50.5 Å². The fourth-order valence-corrected chi connectivity index (χ4v) is 3.40. The highest BCUT2D eigenvalue weighted by molar-refractivity contribution is 5.82. The molecular formula is C19H22N6O2. The maximum Gasteiger partial charge on any atom is 0.237 e. The summed E-state index contributed by atoms with van der Waals surface area (Å²) in [4.78, 5) is 19.1. The second kappa shape index (κ2) is 7.32. The van der Waals surface area contributed by atoms with Crippen LogP contribution >= 0.6 is 0 Å². The van der Waals surface area contributed by atoms with Gasteiger partial charge >= 0.3 is 0 Å². The number of rotatable bonds is 5. The van der Waals surface area contributed by atoms with E-state index < -0.39 is 0 Å². The topological polar surface area (TPSA) is 89.1 Å². The van der Waals surface area contributed by atoms with Crippen molar-refractivity contribution in [2.24, 2.45) is 7.05 Å². The summed E-state index contributed by atoms with van der Waals surface area (Å²) in [5.74, 6) is 0.988. The predicted octanol–water partition coefficient (Wildman–Crippen LogP) is 1.32. The number of hydrogen-bond acceptors (Lipinski definition) is 6. The molecule has 0 spiro atoms. The van der Waals surface area contributed by atoms with Crippen LogP contribution in [0.15, 0.2) is 41.1 Å². The molecule has 1 aliphatic heterocycles. The first-order valence-electron chi connectivity index (χ1n) is 8.99. The molecule has 2 aromatic heterocycles. The lowest BCUT2D eigenvalue weighted by Crippen LogP contribution is -2.55. The lowest BCUT2D eigenvalue weighted by molar-refractivity contribution is -0.129. The molecule has 3 aromatic rings. The number of benzene rings is 1. The highest BCUT2D eigenvalue weighted by Crippen LogP contribution is 2.19. The highest BCUT2D eigenvalue weighted by Gasteiger charge is 2.32. The van der Waals surface area contributed by atoms with Crippen LogP contribution in [-0.2, 0) is 24.8 Å². The Labute approximate surface area is 157 Å². The molecule has 0 radical (unpaired) electrons. The average Bonchev–Trinajstić information content (AvgIpc) is 3.25. The summed E-state index contributed by atoms with van der Waals surface area (Å²) < 4.78 is 7.21. The molecule has 0 aliphatic carbocycles. The van der Waals surface area contributed by atoms with Gasteiger partial charge in [-0.05, 0) is 6.92 Å². The van der Waals surface area contributed by atoms with Gasteiger partial charge in [-0.15, -0.1) is 0 Å². The van der Waals surface area contributed by atoms with Gasteiger partial charge in [0.05, 0.1) is 18.2 Å². The number of amides is 1. The number of aryl methyl sites for hydroxylation is 2. The molecule has 1 fully saturated rings. The summed E-state index contributed by atoms with van der Waals surface area (Å²) in [5, 5.41) is 11.4. The van der Waals surface area contributed by atoms with E-state index in [-0.39, 0.29) is 11.9 Å². The number of carbonyl (C=O) groups is 1. The minimum absolute atomic E-state index is 0.0118. The van der Waals surface area contributed by atoms with Crippen LogP contribution in [-0.4, -0.2) is 49.9 Å². The Balaban J connectivity index is 1.52. The number of nitrogens with one attached hydrogen (secondary N) is 1. The zero-order valence-electron chi connectivity index (χ0n) is 15.4. The van der Waals surface area contributed by atoms with Gasteiger partial charge in [0.1, 0.15) is 0 Å². The zero-order chi connectivity index (χ0) is 18.8. The van der Waals surface area contributed by atoms with Gasteiger partial charge in [-0.25, -0.2) is 0 Å². The molecule has 1 aliphatic rings. The first kappa shape index (κ1) is 17.4. The summed E-state index contributed by atoms with van der Waals surface area (Å²) in [5.41, 5.74) is 2.99. The van der Waals surface area contributed by atoms with Crippen molar-refractivity contribution in [2.75, 3.05) is 13.1 Å². The van der Waals surface area contributed by atoms with E-state index in [1.165, 1.54) is 0 Å². The van der Waals surface area contributed by atoms with Crippen molar-refractivity contribution in [3.8, 4) is 11.4 Å². The first-order chi connectivity index (χ1) is 13.1. The molecule has 1 amide bonds. The fraction of sp³-hybridized carbons (Fsp3) is 0.368. The maximum absolute atomic E-state index is 12.5. The molecule has 1 unspecified atom stereocenters. The number of hydrogen-bond donors (Lipinski definition) is 1. The number of carbonyl (C=O) groups excluding carboxylic acids is 1. The molecule has 1 saturated heterocycles. The average molecular weight is 366 g/mol. The van der Waals surface area contributed by atoms with Crippen molar-refractivity contribution >= 4 is 5.91 Å². The summed E-state index contributed by atoms with van der Waals surface area (Å²) in [6.07, 6.45) is 2.38. The van der Waals surface area contributed by atoms with E-state index in [9.17, 15) is 4.79 Å². The van der Waals surface area contributed by atoms with E-state index in [4.69, 9.17) is 4.52 Å². The molecule has 1 N–H and O–H groups in total. The maximum atomic E-state index is 12.5. The Bertz CT molecular complexity index is 933. The Morgan fingerprint density at radius 3 is 2.85 bits per heavy atom. The third-order valence-electron chi connectivity index (χ3n) is 4.80. The van der Waals surface area contributed by atoms with Crippen molar-refractivity contribution in [3.63, 3.8) is 0 Å². The second-order valence-electron chi connectivity index (χ2n) is 6.77. The van der Waals surface area contributed by atoms with Crippen LogP contribution in [0.25, 0.3) is 11.4 Å². The smallest absolute Gasteiger partial charge is 0.237 e. The van der Waals surface area contributed by atoms with Crippen LogP contribution in [0.5, 0.6) is 0 Å². The van der Waals surface area contributed by atoms with Gasteiger partial charge in [-0.2, -0.15) is 10.1 Å². The molecule has 0 bridgehead atoms. The molecule has 1 atom stereocenters. The van der Waals surface area contributed by atoms with Crippen molar-refractivity contribution in [3.05, 3.63) is 53.7 Å². The standard InChI is InChI=1S/C19H22N6O2/c1-13-15(11-24(2)22-13)12-25-9-8-20-19(26)16(25)10-17-21-18(23-27-17)14-6-4-3-5-7-14/h3-7,11,16H,8-10,12H2,1-2H3,(H,20,26). The molecule has 8 nitrogen and oxygen atoms in total. The Hall–Kier alpha value is -3.00. The lowest BCUT2D eigenvalue weighted by Gasteiger charge is -2.34. The largest absolute Gasteiger partial charge is 0.353 e. The van der Waals surface area contributed by atoms with Gasteiger partial charge in [0, 0.05) is 44.0 Å². The van der Waals surface area contributed by atoms with E-state index in [2.05, 4.69) is 25.5 Å². The van der Waals surface area contributed by atoms with Crippen LogP contribution in [0.1, 0.15) is 17.1 Å². The number of aromatic nitrogens is 4. The van der Waals surface area contributed by atoms with Gasteiger partial charge in [-0.1, -0.05) is 35.5 Å². The normalized spacial score (nSPS) is 17.9. The van der Waals surface area contributed by atoms with E-state index in [0.29, 0.717) is 31.2 Å². The van der Waals surface area contributed by atoms with Crippen LogP contribution in [0.2, 0.25) is 0 Å². The minimum Gasteiger partial charge on any atom is -0.353 e. The van der Waals surface area contributed by atoms with Gasteiger partial charge in [-0.3, -0.25) is 14.4 Å². The van der Waals surface area contributed by atoms with Crippen LogP contribution < -0.4 is 5.32 Å². The molecule has 27 heavy (non-hydrogen) atoms. The zero-order valence-corrected chi connectivity index (χ0v) is 15.4. The SMILES string of the molecule is Cc1nn(C)cc1CN1CCNC(=O)C1Cc1nc(-c2ccccc2)no1. The van der Waals surface area contributed by atoms with E-state index in [1.54, 1.807) is 4.68 Å². The molecule has 3 heterocycles. The summed E-state index contributed by atoms with van der Waals surface area (Å²) in [6.45, 7) is 4.05. The van der Waals surface area contributed by atoms with Crippen LogP contribution in [0.4, 0.5) is 0 Å². The summed E-state index contributed by atoms with van der Waals surface area (Å²) in [7, 11) is 1.90. The number of piperazine rings is 1. The van der Waals surface area contributed by atoms with Gasteiger partial charge in [0.2, 0.25) is 17.6 Å². The monoisotopic (exact) mass is 366 g/mol. The molecule has 4 rings (SSSR count). The van der Waals surface area contributed by atoms with Crippen molar-refractivity contribution < 1.29 is 9.32 Å². The summed E-state index contributed by atoms with van der Waals surface area (Å²) in [6, 6.07) is 9.31. The Morgan fingerprint density at radius 2 is 2.11 bits per heavy atom. The van der Waals surface area contributed by atoms with Crippen molar-refractivity contribution in [2.45, 2.75) is 25.9 Å². The van der Waals surface area contributed by atoms with E-state index >= 15 is 0 Å². The highest BCUT2D eigenvalue weighted by atomic mass is 16.5. The molecule has 0 saturated carbocycles. The Morgan fingerprint density at radius 1 is 1.30 bits per heavy atom. The predicted molar refractivity (Wildman–Crippen MR) is 98.6 cm³/mol. The molecule has 140 valence electrons. The second-order valence-corrected chi connectivity index (χ2v) is 6.77. The molecule has 1 aromatic carbocycles. The van der Waals surface area contributed by atoms with E-state index in [0.717, 1.165) is 23.4 Å². The minimum atomic E-state index is -0.345. The quantitative estimate of drug-likeness (QED) is 0.733. The van der Waals surface area contributed by atoms with Crippen LogP contribution in [0, 0.1) is 6.92 Å². The lowest BCUT2D eigenvalue weighted by atomic mass is 10.1. The van der Waals surface area contributed by atoms with Gasteiger partial charge in [0.15, 0.2) is 0 Å². The Kier molecular flexibility index (Phi) is 4.72. The molecule has 8 heteroatoms. The third-order valence-corrected chi connectivity index (χ3v) is 4.80. The number of nitrogens with zero attached hydrogens (tertiary/aromatic N) is 5. The first-order valence-corrected chi connectivity index (χ1v) is 8.99. The van der Waals surface area contributed by atoms with Crippen molar-refractivity contribution in [1.29, 1.82) is 0 Å². The fourth-order valence-electron chi connectivity index (χ4n) is 3.40. The van der Waals surface area contributed by atoms with Crippen LogP contribution in [0.3, 0.4) is 0 Å². The van der Waals surface area contributed by atoms with Gasteiger partial charge in [0.25, 0.3) is 0 Å². The van der Waals surface area contributed by atoms with Crippen molar-refractivity contribution in [1.82, 2.24) is 30.1 Å². The molecular weight excluding hydrogens is 344 g/mol. The van der Waals surface area contributed by atoms with Gasteiger partial charge < -0.3 is 9.84 Å².